The van der Waals surface area contributed by atoms with Crippen molar-refractivity contribution in [1.82, 2.24) is 0 Å². The normalized spacial score (nSPS) is 9.21. The summed E-state index contributed by atoms with van der Waals surface area (Å²) in [5.41, 5.74) is 1.35. The molecule has 14 heavy (non-hydrogen) atoms. The van der Waals surface area contributed by atoms with Crippen LogP contribution in [0, 0.1) is 11.3 Å². The molecule has 1 aromatic rings. The van der Waals surface area contributed by atoms with Gasteiger partial charge in [0, 0.05) is 12.7 Å². The summed E-state index contributed by atoms with van der Waals surface area (Å²) < 4.78 is 0. The van der Waals surface area contributed by atoms with Crippen molar-refractivity contribution in [1.29, 1.82) is 5.26 Å². The second-order valence-corrected chi connectivity index (χ2v) is 3.09. The molecule has 3 nitrogen and oxygen atoms in total. The van der Waals surface area contributed by atoms with Crippen LogP contribution < -0.4 is 4.90 Å². The van der Waals surface area contributed by atoms with Gasteiger partial charge in [0.15, 0.2) is 0 Å². The van der Waals surface area contributed by atoms with E-state index >= 15 is 0 Å². The number of anilines is 1. The van der Waals surface area contributed by atoms with Crippen molar-refractivity contribution in [3.8, 4) is 6.07 Å². The van der Waals surface area contributed by atoms with Crippen molar-refractivity contribution < 1.29 is 4.79 Å². The Morgan fingerprint density at radius 1 is 1.50 bits per heavy atom. The number of nitriles is 1. The van der Waals surface area contributed by atoms with Gasteiger partial charge in [0.2, 0.25) is 5.91 Å². The fourth-order valence-electron chi connectivity index (χ4n) is 1.01. The van der Waals surface area contributed by atoms with Gasteiger partial charge in [0.1, 0.15) is 0 Å². The topological polar surface area (TPSA) is 44.1 Å². The van der Waals surface area contributed by atoms with E-state index in [4.69, 9.17) is 5.26 Å². The molecule has 4 heteroatoms. The predicted molar refractivity (Wildman–Crippen MR) is 58.4 cm³/mol. The fourth-order valence-corrected chi connectivity index (χ4v) is 1.22. The fraction of sp³-hybridized carbons (Fsp3) is 0.200. The van der Waals surface area contributed by atoms with Gasteiger partial charge in [-0.2, -0.15) is 17.9 Å². The lowest BCUT2D eigenvalue weighted by Crippen LogP contribution is -2.27. The van der Waals surface area contributed by atoms with E-state index in [-0.39, 0.29) is 11.7 Å². The van der Waals surface area contributed by atoms with E-state index in [0.717, 1.165) is 5.69 Å². The van der Waals surface area contributed by atoms with Crippen LogP contribution in [0.15, 0.2) is 24.3 Å². The zero-order chi connectivity index (χ0) is 10.6. The molecule has 0 bridgehead atoms. The van der Waals surface area contributed by atoms with Crippen molar-refractivity contribution in [3.05, 3.63) is 29.8 Å². The van der Waals surface area contributed by atoms with Crippen LogP contribution in [0.1, 0.15) is 5.56 Å². The molecule has 72 valence electrons. The van der Waals surface area contributed by atoms with Gasteiger partial charge in [-0.25, -0.2) is 0 Å². The van der Waals surface area contributed by atoms with E-state index in [1.165, 1.54) is 4.90 Å². The van der Waals surface area contributed by atoms with Gasteiger partial charge >= 0.3 is 0 Å². The minimum atomic E-state index is -0.0713. The monoisotopic (exact) mass is 206 g/mol. The molecule has 1 amide bonds. The average Bonchev–Trinajstić information content (AvgIpc) is 2.27. The second-order valence-electron chi connectivity index (χ2n) is 2.77. The third-order valence-electron chi connectivity index (χ3n) is 1.89. The Morgan fingerprint density at radius 2 is 2.07 bits per heavy atom. The molecule has 0 aromatic heterocycles. The lowest BCUT2D eigenvalue weighted by atomic mass is 10.2. The number of hydrogen-bond acceptors (Lipinski definition) is 3. The molecule has 0 fully saturated rings. The third-order valence-corrected chi connectivity index (χ3v) is 2.16. The maximum Gasteiger partial charge on any atom is 0.236 e. The number of carbonyl (C=O) groups excluding carboxylic acids is 1. The smallest absolute Gasteiger partial charge is 0.236 e. The van der Waals surface area contributed by atoms with E-state index in [9.17, 15) is 4.79 Å². The first-order valence-electron chi connectivity index (χ1n) is 4.06. The molecule has 0 N–H and O–H groups in total. The molecule has 0 spiro atoms. The van der Waals surface area contributed by atoms with Crippen LogP contribution in [0.25, 0.3) is 0 Å². The van der Waals surface area contributed by atoms with Crippen molar-refractivity contribution in [3.63, 3.8) is 0 Å². The van der Waals surface area contributed by atoms with Crippen LogP contribution in [-0.4, -0.2) is 18.7 Å². The summed E-state index contributed by atoms with van der Waals surface area (Å²) in [6, 6.07) is 8.85. The summed E-state index contributed by atoms with van der Waals surface area (Å²) in [6.07, 6.45) is 0. The minimum absolute atomic E-state index is 0.0713. The molecule has 0 atom stereocenters. The highest BCUT2D eigenvalue weighted by molar-refractivity contribution is 7.81. The van der Waals surface area contributed by atoms with Gasteiger partial charge in [-0.3, -0.25) is 4.79 Å². The van der Waals surface area contributed by atoms with Gasteiger partial charge in [-0.05, 0) is 24.3 Å². The Morgan fingerprint density at radius 3 is 2.50 bits per heavy atom. The van der Waals surface area contributed by atoms with E-state index in [0.29, 0.717) is 5.56 Å². The molecule has 0 aliphatic heterocycles. The SMILES string of the molecule is CN(C(=O)CS)c1ccc(C#N)cc1. The number of hydrogen-bond donors (Lipinski definition) is 1. The summed E-state index contributed by atoms with van der Waals surface area (Å²) in [5.74, 6) is 0.106. The van der Waals surface area contributed by atoms with Gasteiger partial charge in [-0.15, -0.1) is 0 Å². The Labute approximate surface area is 88.4 Å². The first-order chi connectivity index (χ1) is 6.69. The maximum absolute atomic E-state index is 11.3. The van der Waals surface area contributed by atoms with E-state index in [1.807, 2.05) is 6.07 Å². The molecule has 0 saturated carbocycles. The minimum Gasteiger partial charge on any atom is -0.315 e. The first-order valence-corrected chi connectivity index (χ1v) is 4.70. The van der Waals surface area contributed by atoms with Crippen LogP contribution in [-0.2, 0) is 4.79 Å². The largest absolute Gasteiger partial charge is 0.315 e. The third kappa shape index (κ3) is 2.27. The summed E-state index contributed by atoms with van der Waals surface area (Å²) in [7, 11) is 1.68. The Bertz CT molecular complexity index is 367. The van der Waals surface area contributed by atoms with E-state index in [1.54, 1.807) is 31.3 Å². The van der Waals surface area contributed by atoms with Gasteiger partial charge < -0.3 is 4.90 Å². The molecule has 1 aromatic carbocycles. The molecule has 0 aliphatic rings. The van der Waals surface area contributed by atoms with Crippen molar-refractivity contribution in [2.75, 3.05) is 17.7 Å². The summed E-state index contributed by atoms with van der Waals surface area (Å²) in [5, 5.41) is 8.58. The van der Waals surface area contributed by atoms with E-state index < -0.39 is 0 Å². The number of rotatable bonds is 2. The van der Waals surface area contributed by atoms with Crippen molar-refractivity contribution >= 4 is 24.2 Å². The molecule has 0 saturated heterocycles. The Hall–Kier alpha value is -1.47. The molecule has 0 aliphatic carbocycles. The van der Waals surface area contributed by atoms with E-state index in [2.05, 4.69) is 12.6 Å². The van der Waals surface area contributed by atoms with Crippen molar-refractivity contribution in [2.45, 2.75) is 0 Å². The first kappa shape index (κ1) is 10.6. The quantitative estimate of drug-likeness (QED) is 0.744. The zero-order valence-electron chi connectivity index (χ0n) is 7.77. The highest BCUT2D eigenvalue weighted by Gasteiger charge is 2.07. The highest BCUT2D eigenvalue weighted by Crippen LogP contribution is 2.13. The van der Waals surface area contributed by atoms with Crippen LogP contribution >= 0.6 is 12.6 Å². The van der Waals surface area contributed by atoms with Crippen LogP contribution in [0.5, 0.6) is 0 Å². The number of thiol groups is 1. The molecular formula is C10H10N2OS. The lowest BCUT2D eigenvalue weighted by molar-refractivity contribution is -0.115. The zero-order valence-corrected chi connectivity index (χ0v) is 8.66. The number of benzene rings is 1. The highest BCUT2D eigenvalue weighted by atomic mass is 32.1. The predicted octanol–water partition coefficient (Wildman–Crippen LogP) is 1.45. The number of nitrogens with zero attached hydrogens (tertiary/aromatic N) is 2. The van der Waals surface area contributed by atoms with Crippen LogP contribution in [0.4, 0.5) is 5.69 Å². The molecule has 1 rings (SSSR count). The standard InChI is InChI=1S/C10H10N2OS/c1-12(10(13)7-14)9-4-2-8(6-11)3-5-9/h2-5,14H,7H2,1H3. The summed E-state index contributed by atoms with van der Waals surface area (Å²) in [4.78, 5) is 12.8. The van der Waals surface area contributed by atoms with Crippen molar-refractivity contribution in [2.24, 2.45) is 0 Å². The average molecular weight is 206 g/mol. The van der Waals surface area contributed by atoms with Crippen LogP contribution in [0.3, 0.4) is 0 Å². The molecule has 0 radical (unpaired) electrons. The Kier molecular flexibility index (Phi) is 3.55. The summed E-state index contributed by atoms with van der Waals surface area (Å²) >= 11 is 3.90. The van der Waals surface area contributed by atoms with Gasteiger partial charge in [-0.1, -0.05) is 0 Å². The van der Waals surface area contributed by atoms with Crippen LogP contribution in [0.2, 0.25) is 0 Å². The number of carbonyl (C=O) groups is 1. The number of amides is 1. The van der Waals surface area contributed by atoms with Gasteiger partial charge in [0.25, 0.3) is 0 Å². The molecule has 0 unspecified atom stereocenters. The maximum atomic E-state index is 11.3. The lowest BCUT2D eigenvalue weighted by Gasteiger charge is -2.15. The second kappa shape index (κ2) is 4.68. The summed E-state index contributed by atoms with van der Waals surface area (Å²) in [6.45, 7) is 0. The molecular weight excluding hydrogens is 196 g/mol. The molecule has 0 heterocycles. The Balaban J connectivity index is 2.88. The van der Waals surface area contributed by atoms with Gasteiger partial charge in [0.05, 0.1) is 17.4 Å².